The first-order valence-electron chi connectivity index (χ1n) is 8.56. The number of amides is 2. The van der Waals surface area contributed by atoms with Crippen LogP contribution in [0.3, 0.4) is 0 Å². The number of carbonyl (C=O) groups excluding carboxylic acids is 2. The molecule has 3 aromatic carbocycles. The topological polar surface area (TPSA) is 58.2 Å². The van der Waals surface area contributed by atoms with Gasteiger partial charge in [-0.25, -0.2) is 0 Å². The minimum Gasteiger partial charge on any atom is -0.346 e. The smallest absolute Gasteiger partial charge is 0.255 e. The van der Waals surface area contributed by atoms with Crippen LogP contribution >= 0.6 is 15.9 Å². The van der Waals surface area contributed by atoms with Crippen LogP contribution in [0.2, 0.25) is 0 Å². The van der Waals surface area contributed by atoms with E-state index in [1.807, 2.05) is 49.4 Å². The minimum atomic E-state index is -0.197. The highest BCUT2D eigenvalue weighted by Gasteiger charge is 2.12. The molecule has 1 atom stereocenters. The van der Waals surface area contributed by atoms with Crippen molar-refractivity contribution in [3.05, 3.63) is 100 Å². The van der Waals surface area contributed by atoms with Gasteiger partial charge in [-0.05, 0) is 61.0 Å². The molecule has 0 aliphatic rings. The van der Waals surface area contributed by atoms with Gasteiger partial charge in [0.05, 0.1) is 6.04 Å². The van der Waals surface area contributed by atoms with E-state index in [1.54, 1.807) is 36.4 Å². The zero-order valence-corrected chi connectivity index (χ0v) is 16.4. The van der Waals surface area contributed by atoms with Crippen molar-refractivity contribution < 1.29 is 9.59 Å². The molecule has 0 fully saturated rings. The van der Waals surface area contributed by atoms with Crippen molar-refractivity contribution in [1.29, 1.82) is 0 Å². The molecule has 0 spiro atoms. The molecule has 4 nitrogen and oxygen atoms in total. The number of hydrogen-bond acceptors (Lipinski definition) is 2. The average Bonchev–Trinajstić information content (AvgIpc) is 2.69. The SMILES string of the molecule is C[C@@H](NC(=O)c1ccc(NC(=O)c2ccc(Br)cc2)cc1)c1ccccc1. The van der Waals surface area contributed by atoms with Crippen LogP contribution in [0.4, 0.5) is 5.69 Å². The summed E-state index contributed by atoms with van der Waals surface area (Å²) in [6.45, 7) is 1.94. The highest BCUT2D eigenvalue weighted by atomic mass is 79.9. The van der Waals surface area contributed by atoms with Gasteiger partial charge in [0.2, 0.25) is 0 Å². The van der Waals surface area contributed by atoms with E-state index in [-0.39, 0.29) is 17.9 Å². The van der Waals surface area contributed by atoms with E-state index in [4.69, 9.17) is 0 Å². The van der Waals surface area contributed by atoms with Gasteiger partial charge in [0.25, 0.3) is 11.8 Å². The summed E-state index contributed by atoms with van der Waals surface area (Å²) in [6, 6.07) is 23.7. The Balaban J connectivity index is 1.61. The summed E-state index contributed by atoms with van der Waals surface area (Å²) in [7, 11) is 0. The molecule has 5 heteroatoms. The summed E-state index contributed by atoms with van der Waals surface area (Å²) in [5.41, 5.74) is 2.79. The van der Waals surface area contributed by atoms with Gasteiger partial charge in [-0.15, -0.1) is 0 Å². The molecule has 27 heavy (non-hydrogen) atoms. The zero-order chi connectivity index (χ0) is 19.2. The highest BCUT2D eigenvalue weighted by molar-refractivity contribution is 9.10. The zero-order valence-electron chi connectivity index (χ0n) is 14.8. The molecule has 0 saturated carbocycles. The Kier molecular flexibility index (Phi) is 6.04. The van der Waals surface area contributed by atoms with Crippen LogP contribution in [0.15, 0.2) is 83.3 Å². The van der Waals surface area contributed by atoms with E-state index in [0.29, 0.717) is 16.8 Å². The molecule has 0 aromatic heterocycles. The monoisotopic (exact) mass is 422 g/mol. The lowest BCUT2D eigenvalue weighted by molar-refractivity contribution is 0.0939. The van der Waals surface area contributed by atoms with Gasteiger partial charge in [-0.3, -0.25) is 9.59 Å². The van der Waals surface area contributed by atoms with Crippen molar-refractivity contribution in [3.63, 3.8) is 0 Å². The summed E-state index contributed by atoms with van der Waals surface area (Å²) < 4.78 is 0.916. The van der Waals surface area contributed by atoms with Crippen LogP contribution in [0.1, 0.15) is 39.2 Å². The maximum atomic E-state index is 12.4. The highest BCUT2D eigenvalue weighted by Crippen LogP contribution is 2.16. The van der Waals surface area contributed by atoms with Crippen LogP contribution in [-0.2, 0) is 0 Å². The fraction of sp³-hybridized carbons (Fsp3) is 0.0909. The summed E-state index contributed by atoms with van der Waals surface area (Å²) >= 11 is 3.35. The van der Waals surface area contributed by atoms with Gasteiger partial charge in [-0.2, -0.15) is 0 Å². The largest absolute Gasteiger partial charge is 0.346 e. The summed E-state index contributed by atoms with van der Waals surface area (Å²) in [6.07, 6.45) is 0. The number of carbonyl (C=O) groups is 2. The number of benzene rings is 3. The Hall–Kier alpha value is -2.92. The van der Waals surface area contributed by atoms with E-state index < -0.39 is 0 Å². The maximum absolute atomic E-state index is 12.4. The summed E-state index contributed by atoms with van der Waals surface area (Å²) in [5.74, 6) is -0.352. The molecule has 0 aliphatic carbocycles. The van der Waals surface area contributed by atoms with Crippen molar-refractivity contribution in [2.24, 2.45) is 0 Å². The molecule has 3 aromatic rings. The van der Waals surface area contributed by atoms with Crippen LogP contribution in [-0.4, -0.2) is 11.8 Å². The van der Waals surface area contributed by atoms with Gasteiger partial charge < -0.3 is 10.6 Å². The molecule has 0 bridgehead atoms. The molecule has 2 amide bonds. The second kappa shape index (κ2) is 8.64. The van der Waals surface area contributed by atoms with Crippen molar-refractivity contribution >= 4 is 33.4 Å². The number of halogens is 1. The Labute approximate surface area is 166 Å². The van der Waals surface area contributed by atoms with E-state index in [0.717, 1.165) is 10.0 Å². The summed E-state index contributed by atoms with van der Waals surface area (Å²) in [4.78, 5) is 24.7. The number of nitrogens with one attached hydrogen (secondary N) is 2. The first-order valence-corrected chi connectivity index (χ1v) is 9.35. The van der Waals surface area contributed by atoms with Gasteiger partial charge in [0.1, 0.15) is 0 Å². The van der Waals surface area contributed by atoms with Crippen LogP contribution in [0.5, 0.6) is 0 Å². The first kappa shape index (κ1) is 18.9. The Morgan fingerprint density at radius 1 is 0.778 bits per heavy atom. The van der Waals surface area contributed by atoms with E-state index in [1.165, 1.54) is 0 Å². The number of hydrogen-bond donors (Lipinski definition) is 2. The third kappa shape index (κ3) is 5.05. The second-order valence-corrected chi connectivity index (χ2v) is 7.06. The van der Waals surface area contributed by atoms with Crippen molar-refractivity contribution in [1.82, 2.24) is 5.32 Å². The Morgan fingerprint density at radius 2 is 1.33 bits per heavy atom. The van der Waals surface area contributed by atoms with Gasteiger partial charge in [-0.1, -0.05) is 46.3 Å². The molecule has 0 heterocycles. The van der Waals surface area contributed by atoms with Crippen molar-refractivity contribution in [3.8, 4) is 0 Å². The van der Waals surface area contributed by atoms with Gasteiger partial charge in [0, 0.05) is 21.3 Å². The third-order valence-electron chi connectivity index (χ3n) is 4.16. The predicted molar refractivity (Wildman–Crippen MR) is 111 cm³/mol. The lowest BCUT2D eigenvalue weighted by Gasteiger charge is -2.14. The van der Waals surface area contributed by atoms with Crippen LogP contribution < -0.4 is 10.6 Å². The number of anilines is 1. The molecule has 136 valence electrons. The first-order chi connectivity index (χ1) is 13.0. The van der Waals surface area contributed by atoms with Crippen molar-refractivity contribution in [2.75, 3.05) is 5.32 Å². The van der Waals surface area contributed by atoms with E-state index >= 15 is 0 Å². The van der Waals surface area contributed by atoms with Gasteiger partial charge >= 0.3 is 0 Å². The van der Waals surface area contributed by atoms with Crippen molar-refractivity contribution in [2.45, 2.75) is 13.0 Å². The van der Waals surface area contributed by atoms with Crippen LogP contribution in [0, 0.1) is 0 Å². The third-order valence-corrected chi connectivity index (χ3v) is 4.69. The summed E-state index contributed by atoms with van der Waals surface area (Å²) in [5, 5.41) is 5.80. The lowest BCUT2D eigenvalue weighted by Crippen LogP contribution is -2.26. The molecule has 3 rings (SSSR count). The normalized spacial score (nSPS) is 11.5. The van der Waals surface area contributed by atoms with E-state index in [9.17, 15) is 9.59 Å². The lowest BCUT2D eigenvalue weighted by atomic mass is 10.1. The molecule has 0 saturated heterocycles. The second-order valence-electron chi connectivity index (χ2n) is 6.14. The Bertz CT molecular complexity index is 923. The average molecular weight is 423 g/mol. The molecule has 0 aliphatic heterocycles. The standard InChI is InChI=1S/C22H19BrN2O2/c1-15(16-5-3-2-4-6-16)24-21(26)18-9-13-20(14-10-18)25-22(27)17-7-11-19(23)12-8-17/h2-15H,1H3,(H,24,26)(H,25,27)/t15-/m1/s1. The fourth-order valence-electron chi connectivity index (χ4n) is 2.61. The van der Waals surface area contributed by atoms with Gasteiger partial charge in [0.15, 0.2) is 0 Å². The minimum absolute atomic E-state index is 0.0875. The molecule has 0 unspecified atom stereocenters. The molecular formula is C22H19BrN2O2. The Morgan fingerprint density at radius 3 is 1.96 bits per heavy atom. The predicted octanol–water partition coefficient (Wildman–Crippen LogP) is 5.19. The fourth-order valence-corrected chi connectivity index (χ4v) is 2.88. The molecular weight excluding hydrogens is 404 g/mol. The number of rotatable bonds is 5. The molecule has 2 N–H and O–H groups in total. The molecule has 0 radical (unpaired) electrons. The van der Waals surface area contributed by atoms with E-state index in [2.05, 4.69) is 26.6 Å². The quantitative estimate of drug-likeness (QED) is 0.593. The maximum Gasteiger partial charge on any atom is 0.255 e. The van der Waals surface area contributed by atoms with Crippen LogP contribution in [0.25, 0.3) is 0 Å².